The molecule has 1 aromatic carbocycles. The van der Waals surface area contributed by atoms with Crippen LogP contribution in [0.3, 0.4) is 0 Å². The summed E-state index contributed by atoms with van der Waals surface area (Å²) in [6.07, 6.45) is 1.82. The Hall–Kier alpha value is -2.07. The molecule has 0 spiro atoms. The fourth-order valence-corrected chi connectivity index (χ4v) is 2.21. The number of ether oxygens (including phenoxy) is 1. The minimum atomic E-state index is 0.439. The topological polar surface area (TPSA) is 37.4 Å². The fourth-order valence-electron chi connectivity index (χ4n) is 2.21. The zero-order valence-electron chi connectivity index (χ0n) is 13.1. The average Bonchev–Trinajstić information content (AvgIpc) is 2.52. The van der Waals surface area contributed by atoms with Crippen LogP contribution in [0.4, 0.5) is 11.5 Å². The smallest absolute Gasteiger partial charge is 0.142 e. The summed E-state index contributed by atoms with van der Waals surface area (Å²) in [6.45, 7) is 5.07. The lowest BCUT2D eigenvalue weighted by atomic mass is 10.2. The summed E-state index contributed by atoms with van der Waals surface area (Å²) in [5.41, 5.74) is 2.17. The minimum Gasteiger partial charge on any atom is -0.495 e. The first-order valence-corrected chi connectivity index (χ1v) is 7.17. The van der Waals surface area contributed by atoms with Crippen LogP contribution in [0.1, 0.15) is 19.4 Å². The lowest BCUT2D eigenvalue weighted by molar-refractivity contribution is 0.415. The van der Waals surface area contributed by atoms with Crippen molar-refractivity contribution in [2.45, 2.75) is 26.4 Å². The van der Waals surface area contributed by atoms with E-state index < -0.39 is 0 Å². The van der Waals surface area contributed by atoms with E-state index in [2.05, 4.69) is 35.1 Å². The van der Waals surface area contributed by atoms with Crippen LogP contribution in [0.15, 0.2) is 42.6 Å². The number of hydrogen-bond acceptors (Lipinski definition) is 4. The maximum atomic E-state index is 5.44. The van der Waals surface area contributed by atoms with E-state index in [9.17, 15) is 0 Å². The molecule has 0 amide bonds. The predicted molar refractivity (Wildman–Crippen MR) is 87.3 cm³/mol. The highest BCUT2D eigenvalue weighted by atomic mass is 16.5. The number of hydrogen-bond donors (Lipinski definition) is 1. The number of para-hydroxylation sites is 2. The Morgan fingerprint density at radius 2 is 1.95 bits per heavy atom. The molecule has 0 aliphatic carbocycles. The number of rotatable bonds is 6. The van der Waals surface area contributed by atoms with E-state index in [4.69, 9.17) is 4.74 Å². The first kappa shape index (κ1) is 15.3. The third-order valence-corrected chi connectivity index (χ3v) is 3.33. The van der Waals surface area contributed by atoms with Crippen LogP contribution in [-0.4, -0.2) is 25.2 Å². The van der Waals surface area contributed by atoms with Crippen LogP contribution in [0.5, 0.6) is 5.75 Å². The number of anilines is 2. The molecule has 0 bridgehead atoms. The molecule has 112 valence electrons. The van der Waals surface area contributed by atoms with Crippen LogP contribution in [0.2, 0.25) is 0 Å². The summed E-state index contributed by atoms with van der Waals surface area (Å²) in [7, 11) is 3.70. The molecule has 0 atom stereocenters. The van der Waals surface area contributed by atoms with Crippen molar-refractivity contribution in [3.05, 3.63) is 48.2 Å². The van der Waals surface area contributed by atoms with Crippen molar-refractivity contribution >= 4 is 11.5 Å². The molecule has 4 heteroatoms. The van der Waals surface area contributed by atoms with Crippen LogP contribution in [0, 0.1) is 0 Å². The Balaban J connectivity index is 2.32. The lowest BCUT2D eigenvalue weighted by Gasteiger charge is -2.23. The molecule has 0 aliphatic heterocycles. The minimum absolute atomic E-state index is 0.439. The summed E-state index contributed by atoms with van der Waals surface area (Å²) in [6, 6.07) is 12.5. The molecule has 0 unspecified atom stereocenters. The number of aromatic nitrogens is 1. The van der Waals surface area contributed by atoms with Gasteiger partial charge in [-0.05, 0) is 18.2 Å². The molecule has 21 heavy (non-hydrogen) atoms. The molecule has 0 aliphatic rings. The van der Waals surface area contributed by atoms with E-state index in [1.807, 2.05) is 43.6 Å². The maximum absolute atomic E-state index is 5.44. The first-order chi connectivity index (χ1) is 10.1. The van der Waals surface area contributed by atoms with Gasteiger partial charge in [-0.2, -0.15) is 0 Å². The Labute approximate surface area is 126 Å². The van der Waals surface area contributed by atoms with Gasteiger partial charge in [0.2, 0.25) is 0 Å². The maximum Gasteiger partial charge on any atom is 0.142 e. The number of nitrogens with one attached hydrogen (secondary N) is 1. The summed E-state index contributed by atoms with van der Waals surface area (Å²) < 4.78 is 5.44. The predicted octanol–water partition coefficient (Wildman–Crippen LogP) is 3.36. The van der Waals surface area contributed by atoms with Gasteiger partial charge in [0, 0.05) is 31.4 Å². The van der Waals surface area contributed by atoms with E-state index in [1.165, 1.54) is 5.56 Å². The van der Waals surface area contributed by atoms with E-state index in [0.29, 0.717) is 6.04 Å². The number of nitrogens with zero attached hydrogens (tertiary/aromatic N) is 2. The van der Waals surface area contributed by atoms with E-state index in [-0.39, 0.29) is 0 Å². The average molecular weight is 285 g/mol. The standard InChI is InChI=1S/C17H23N3O/c1-13(2)19-12-14-8-7-11-18-17(14)20(3)15-9-5-6-10-16(15)21-4/h5-11,13,19H,12H2,1-4H3. The molecular weight excluding hydrogens is 262 g/mol. The quantitative estimate of drug-likeness (QED) is 0.883. The van der Waals surface area contributed by atoms with Crippen LogP contribution in [-0.2, 0) is 6.54 Å². The molecule has 0 saturated heterocycles. The molecule has 0 fully saturated rings. The van der Waals surface area contributed by atoms with Gasteiger partial charge in [-0.3, -0.25) is 0 Å². The van der Waals surface area contributed by atoms with Gasteiger partial charge in [-0.25, -0.2) is 4.98 Å². The molecule has 0 saturated carbocycles. The van der Waals surface area contributed by atoms with E-state index >= 15 is 0 Å². The number of benzene rings is 1. The molecule has 1 aromatic heterocycles. The zero-order valence-corrected chi connectivity index (χ0v) is 13.1. The summed E-state index contributed by atoms with van der Waals surface area (Å²) in [4.78, 5) is 6.60. The lowest BCUT2D eigenvalue weighted by Crippen LogP contribution is -2.24. The van der Waals surface area contributed by atoms with Crippen molar-refractivity contribution in [3.8, 4) is 5.75 Å². The van der Waals surface area contributed by atoms with Crippen molar-refractivity contribution < 1.29 is 4.74 Å². The third-order valence-electron chi connectivity index (χ3n) is 3.33. The second-order valence-corrected chi connectivity index (χ2v) is 5.25. The monoisotopic (exact) mass is 285 g/mol. The fraction of sp³-hybridized carbons (Fsp3) is 0.353. The molecular formula is C17H23N3O. The van der Waals surface area contributed by atoms with Gasteiger partial charge in [0.05, 0.1) is 12.8 Å². The van der Waals surface area contributed by atoms with Gasteiger partial charge in [-0.1, -0.05) is 32.0 Å². The molecule has 1 heterocycles. The van der Waals surface area contributed by atoms with E-state index in [1.54, 1.807) is 7.11 Å². The van der Waals surface area contributed by atoms with Crippen molar-refractivity contribution in [1.82, 2.24) is 10.3 Å². The summed E-state index contributed by atoms with van der Waals surface area (Å²) >= 11 is 0. The van der Waals surface area contributed by atoms with Crippen LogP contribution >= 0.6 is 0 Å². The van der Waals surface area contributed by atoms with Crippen molar-refractivity contribution in [3.63, 3.8) is 0 Å². The highest BCUT2D eigenvalue weighted by Gasteiger charge is 2.14. The van der Waals surface area contributed by atoms with Gasteiger partial charge in [-0.15, -0.1) is 0 Å². The number of methoxy groups -OCH3 is 1. The Bertz CT molecular complexity index is 584. The van der Waals surface area contributed by atoms with Gasteiger partial charge >= 0.3 is 0 Å². The molecule has 0 radical (unpaired) electrons. The normalized spacial score (nSPS) is 10.7. The largest absolute Gasteiger partial charge is 0.495 e. The molecule has 2 aromatic rings. The second kappa shape index (κ2) is 7.09. The van der Waals surface area contributed by atoms with Crippen molar-refractivity contribution in [1.29, 1.82) is 0 Å². The van der Waals surface area contributed by atoms with Gasteiger partial charge < -0.3 is 15.0 Å². The molecule has 2 rings (SSSR count). The third kappa shape index (κ3) is 3.73. The highest BCUT2D eigenvalue weighted by molar-refractivity contribution is 5.68. The van der Waals surface area contributed by atoms with E-state index in [0.717, 1.165) is 23.8 Å². The Morgan fingerprint density at radius 1 is 1.19 bits per heavy atom. The van der Waals surface area contributed by atoms with Gasteiger partial charge in [0.25, 0.3) is 0 Å². The Morgan fingerprint density at radius 3 is 2.67 bits per heavy atom. The van der Waals surface area contributed by atoms with Crippen molar-refractivity contribution in [2.24, 2.45) is 0 Å². The first-order valence-electron chi connectivity index (χ1n) is 7.17. The SMILES string of the molecule is COc1ccccc1N(C)c1ncccc1CNC(C)C. The zero-order chi connectivity index (χ0) is 15.2. The van der Waals surface area contributed by atoms with Crippen molar-refractivity contribution in [2.75, 3.05) is 19.1 Å². The summed E-state index contributed by atoms with van der Waals surface area (Å²) in [5.74, 6) is 1.78. The molecule has 4 nitrogen and oxygen atoms in total. The van der Waals surface area contributed by atoms with Crippen LogP contribution < -0.4 is 15.0 Å². The van der Waals surface area contributed by atoms with Gasteiger partial charge in [0.1, 0.15) is 11.6 Å². The summed E-state index contributed by atoms with van der Waals surface area (Å²) in [5, 5.41) is 3.44. The van der Waals surface area contributed by atoms with Crippen LogP contribution in [0.25, 0.3) is 0 Å². The highest BCUT2D eigenvalue weighted by Crippen LogP contribution is 2.32. The second-order valence-electron chi connectivity index (χ2n) is 5.25. The molecule has 1 N–H and O–H groups in total. The van der Waals surface area contributed by atoms with Gasteiger partial charge in [0.15, 0.2) is 0 Å². The Kier molecular flexibility index (Phi) is 5.17. The number of pyridine rings is 1.